The number of carbonyl (C=O) groups excluding carboxylic acids is 2. The van der Waals surface area contributed by atoms with Crippen molar-refractivity contribution in [2.75, 3.05) is 24.3 Å². The molecule has 2 amide bonds. The number of benzene rings is 2. The second-order valence-electron chi connectivity index (χ2n) is 9.42. The maximum atomic E-state index is 13.6. The van der Waals surface area contributed by atoms with Crippen LogP contribution in [0.5, 0.6) is 0 Å². The van der Waals surface area contributed by atoms with Gasteiger partial charge in [0.25, 0.3) is 0 Å². The molecule has 2 aromatic carbocycles. The fourth-order valence-corrected chi connectivity index (χ4v) is 4.51. The van der Waals surface area contributed by atoms with Gasteiger partial charge in [-0.05, 0) is 61.9 Å². The molecule has 0 aliphatic heterocycles. The molecule has 0 spiro atoms. The molecule has 0 heterocycles. The van der Waals surface area contributed by atoms with Crippen LogP contribution in [0.25, 0.3) is 0 Å². The zero-order valence-electron chi connectivity index (χ0n) is 20.8. The molecule has 178 valence electrons. The van der Waals surface area contributed by atoms with Crippen LogP contribution in [0.15, 0.2) is 48.5 Å². The van der Waals surface area contributed by atoms with Crippen molar-refractivity contribution in [1.29, 1.82) is 0 Å². The molecular formula is C28H39N3O2. The number of carbonyl (C=O) groups is 2. The highest BCUT2D eigenvalue weighted by atomic mass is 16.2. The Balaban J connectivity index is 1.94. The van der Waals surface area contributed by atoms with E-state index in [-0.39, 0.29) is 29.7 Å². The van der Waals surface area contributed by atoms with Crippen LogP contribution in [-0.2, 0) is 16.1 Å². The van der Waals surface area contributed by atoms with Gasteiger partial charge in [-0.3, -0.25) is 9.59 Å². The number of amides is 2. The summed E-state index contributed by atoms with van der Waals surface area (Å²) < 4.78 is 0. The quantitative estimate of drug-likeness (QED) is 0.483. The predicted molar refractivity (Wildman–Crippen MR) is 136 cm³/mol. The van der Waals surface area contributed by atoms with Crippen molar-refractivity contribution in [3.05, 3.63) is 59.7 Å². The zero-order chi connectivity index (χ0) is 24.0. The van der Waals surface area contributed by atoms with E-state index in [4.69, 9.17) is 0 Å². The summed E-state index contributed by atoms with van der Waals surface area (Å²) in [6.45, 7) is 6.76. The number of anilines is 2. The molecule has 0 bridgehead atoms. The molecule has 33 heavy (non-hydrogen) atoms. The van der Waals surface area contributed by atoms with Crippen LogP contribution in [0.2, 0.25) is 0 Å². The Labute approximate surface area is 199 Å². The number of hydrogen-bond acceptors (Lipinski definition) is 3. The molecule has 0 radical (unpaired) electrons. The summed E-state index contributed by atoms with van der Waals surface area (Å²) in [7, 11) is 4.03. The van der Waals surface area contributed by atoms with Crippen molar-refractivity contribution < 1.29 is 9.59 Å². The van der Waals surface area contributed by atoms with Crippen molar-refractivity contribution >= 4 is 23.2 Å². The third kappa shape index (κ3) is 5.95. The molecule has 1 fully saturated rings. The number of rotatable bonds is 10. The smallest absolute Gasteiger partial charge is 0.227 e. The van der Waals surface area contributed by atoms with Crippen LogP contribution < -0.4 is 10.2 Å². The normalized spacial score (nSPS) is 14.5. The van der Waals surface area contributed by atoms with Gasteiger partial charge in [0, 0.05) is 43.9 Å². The predicted octanol–water partition coefficient (Wildman–Crippen LogP) is 6.02. The lowest BCUT2D eigenvalue weighted by Crippen LogP contribution is -2.37. The van der Waals surface area contributed by atoms with Crippen molar-refractivity contribution in [1.82, 2.24) is 4.90 Å². The van der Waals surface area contributed by atoms with E-state index in [2.05, 4.69) is 43.1 Å². The Bertz CT molecular complexity index is 933. The number of nitrogens with one attached hydrogen (secondary N) is 1. The van der Waals surface area contributed by atoms with Crippen LogP contribution in [0.1, 0.15) is 70.0 Å². The molecule has 5 nitrogen and oxygen atoms in total. The Morgan fingerprint density at radius 3 is 2.24 bits per heavy atom. The Hall–Kier alpha value is -2.82. The zero-order valence-corrected chi connectivity index (χ0v) is 20.8. The largest absolute Gasteiger partial charge is 0.377 e. The molecule has 5 heteroatoms. The Morgan fingerprint density at radius 2 is 1.70 bits per heavy atom. The fraction of sp³-hybridized carbons (Fsp3) is 0.500. The third-order valence-corrected chi connectivity index (χ3v) is 7.01. The molecule has 0 aromatic heterocycles. The lowest BCUT2D eigenvalue weighted by atomic mass is 9.85. The van der Waals surface area contributed by atoms with E-state index >= 15 is 0 Å². The Kier molecular flexibility index (Phi) is 8.54. The number of hydrogen-bond donors (Lipinski definition) is 1. The van der Waals surface area contributed by atoms with E-state index in [0.717, 1.165) is 54.6 Å². The van der Waals surface area contributed by atoms with Crippen molar-refractivity contribution in [2.24, 2.45) is 11.8 Å². The van der Waals surface area contributed by atoms with E-state index in [1.54, 1.807) is 0 Å². The minimum absolute atomic E-state index is 0.000436. The van der Waals surface area contributed by atoms with Gasteiger partial charge in [0.1, 0.15) is 0 Å². The first-order valence-electron chi connectivity index (χ1n) is 12.3. The maximum absolute atomic E-state index is 13.6. The minimum atomic E-state index is -0.0532. The van der Waals surface area contributed by atoms with E-state index in [1.807, 2.05) is 55.4 Å². The van der Waals surface area contributed by atoms with Gasteiger partial charge in [-0.25, -0.2) is 0 Å². The van der Waals surface area contributed by atoms with Crippen LogP contribution in [0.4, 0.5) is 11.4 Å². The van der Waals surface area contributed by atoms with Gasteiger partial charge < -0.3 is 15.1 Å². The molecule has 0 unspecified atom stereocenters. The first-order valence-corrected chi connectivity index (χ1v) is 12.3. The van der Waals surface area contributed by atoms with E-state index < -0.39 is 0 Å². The summed E-state index contributed by atoms with van der Waals surface area (Å²) >= 11 is 0. The second kappa shape index (κ2) is 11.4. The fourth-order valence-electron chi connectivity index (χ4n) is 4.51. The molecule has 1 atom stereocenters. The average Bonchev–Trinajstić information content (AvgIpc) is 2.77. The van der Waals surface area contributed by atoms with Crippen molar-refractivity contribution in [3.63, 3.8) is 0 Å². The van der Waals surface area contributed by atoms with Crippen LogP contribution in [-0.4, -0.2) is 30.8 Å². The number of nitrogens with zero attached hydrogens (tertiary/aromatic N) is 2. The molecule has 1 aliphatic rings. The maximum Gasteiger partial charge on any atom is 0.227 e. The average molecular weight is 450 g/mol. The molecular weight excluding hydrogens is 410 g/mol. The molecule has 3 rings (SSSR count). The Morgan fingerprint density at radius 1 is 1.03 bits per heavy atom. The molecule has 1 aliphatic carbocycles. The van der Waals surface area contributed by atoms with Crippen LogP contribution in [0.3, 0.4) is 0 Å². The van der Waals surface area contributed by atoms with Gasteiger partial charge >= 0.3 is 0 Å². The van der Waals surface area contributed by atoms with Gasteiger partial charge in [0.15, 0.2) is 0 Å². The van der Waals surface area contributed by atoms with Gasteiger partial charge in [-0.15, -0.1) is 0 Å². The van der Waals surface area contributed by atoms with Crippen LogP contribution in [0, 0.1) is 11.8 Å². The monoisotopic (exact) mass is 449 g/mol. The van der Waals surface area contributed by atoms with Gasteiger partial charge in [0.2, 0.25) is 11.8 Å². The standard InChI is InChI=1S/C28H39N3O2/c1-6-21(7-2)28(33)31(20(3)22-12-9-8-10-13-22)19-24-18-25(16-17-26(24)30(4)5)29-27(32)23-14-11-15-23/h8-10,12-13,16-18,20-21,23H,6-7,11,14-15,19H2,1-5H3,(H,29,32)/t20-/m0/s1. The van der Waals surface area contributed by atoms with E-state index in [1.165, 1.54) is 0 Å². The van der Waals surface area contributed by atoms with Crippen molar-refractivity contribution in [3.8, 4) is 0 Å². The third-order valence-electron chi connectivity index (χ3n) is 7.01. The summed E-state index contributed by atoms with van der Waals surface area (Å²) in [5, 5.41) is 3.10. The summed E-state index contributed by atoms with van der Waals surface area (Å²) in [4.78, 5) is 30.3. The van der Waals surface area contributed by atoms with Gasteiger partial charge in [-0.1, -0.05) is 50.6 Å². The summed E-state index contributed by atoms with van der Waals surface area (Å²) in [5.41, 5.74) is 4.01. The van der Waals surface area contributed by atoms with Gasteiger partial charge in [-0.2, -0.15) is 0 Å². The second-order valence-corrected chi connectivity index (χ2v) is 9.42. The SMILES string of the molecule is CCC(CC)C(=O)N(Cc1cc(NC(=O)C2CCC2)ccc1N(C)C)[C@@H](C)c1ccccc1. The highest BCUT2D eigenvalue weighted by Gasteiger charge is 2.28. The first-order chi connectivity index (χ1) is 15.8. The summed E-state index contributed by atoms with van der Waals surface area (Å²) in [6, 6.07) is 16.2. The highest BCUT2D eigenvalue weighted by molar-refractivity contribution is 5.93. The summed E-state index contributed by atoms with van der Waals surface area (Å²) in [5.74, 6) is 0.422. The topological polar surface area (TPSA) is 52.7 Å². The first kappa shape index (κ1) is 24.8. The molecule has 0 saturated heterocycles. The van der Waals surface area contributed by atoms with Crippen molar-refractivity contribution in [2.45, 2.75) is 65.5 Å². The minimum Gasteiger partial charge on any atom is -0.377 e. The van der Waals surface area contributed by atoms with Gasteiger partial charge in [0.05, 0.1) is 6.04 Å². The van der Waals surface area contributed by atoms with E-state index in [0.29, 0.717) is 6.54 Å². The highest BCUT2D eigenvalue weighted by Crippen LogP contribution is 2.32. The summed E-state index contributed by atoms with van der Waals surface area (Å²) in [6.07, 6.45) is 4.73. The lowest BCUT2D eigenvalue weighted by molar-refractivity contribution is -0.138. The van der Waals surface area contributed by atoms with E-state index in [9.17, 15) is 9.59 Å². The molecule has 2 aromatic rings. The lowest BCUT2D eigenvalue weighted by Gasteiger charge is -2.34. The molecule has 1 N–H and O–H groups in total. The van der Waals surface area contributed by atoms with Crippen LogP contribution >= 0.6 is 0 Å². The molecule has 1 saturated carbocycles.